The molecule has 1 aromatic carbocycles. The minimum Gasteiger partial charge on any atom is -0.485 e. The van der Waals surface area contributed by atoms with Gasteiger partial charge >= 0.3 is 0 Å². The number of carbonyl (C=O) groups is 2. The summed E-state index contributed by atoms with van der Waals surface area (Å²) in [5.41, 5.74) is 1.10. The van der Waals surface area contributed by atoms with Crippen LogP contribution in [0.5, 0.6) is 5.75 Å². The van der Waals surface area contributed by atoms with E-state index >= 15 is 0 Å². The quantitative estimate of drug-likeness (QED) is 0.674. The molecule has 8 heteroatoms. The molecule has 0 saturated carbocycles. The van der Waals surface area contributed by atoms with Crippen LogP contribution in [0.25, 0.3) is 0 Å². The third-order valence-corrected chi connectivity index (χ3v) is 6.76. The van der Waals surface area contributed by atoms with Crippen molar-refractivity contribution in [1.29, 1.82) is 0 Å². The Bertz CT molecular complexity index is 975. The van der Waals surface area contributed by atoms with Gasteiger partial charge < -0.3 is 19.3 Å². The van der Waals surface area contributed by atoms with E-state index in [0.717, 1.165) is 32.2 Å². The molecule has 8 nitrogen and oxygen atoms in total. The van der Waals surface area contributed by atoms with Gasteiger partial charge in [-0.25, -0.2) is 0 Å². The predicted octanol–water partition coefficient (Wildman–Crippen LogP) is 3.53. The maximum absolute atomic E-state index is 13.4. The maximum Gasteiger partial charge on any atom is 0.272 e. The van der Waals surface area contributed by atoms with E-state index < -0.39 is 0 Å². The molecule has 0 bridgehead atoms. The van der Waals surface area contributed by atoms with E-state index in [1.807, 2.05) is 36.1 Å². The van der Waals surface area contributed by atoms with Gasteiger partial charge in [-0.1, -0.05) is 37.8 Å². The van der Waals surface area contributed by atoms with E-state index in [2.05, 4.69) is 5.10 Å². The largest absolute Gasteiger partial charge is 0.485 e. The Morgan fingerprint density at radius 2 is 1.76 bits per heavy atom. The van der Waals surface area contributed by atoms with E-state index in [4.69, 9.17) is 9.47 Å². The normalized spacial score (nSPS) is 22.7. The van der Waals surface area contributed by atoms with Crippen molar-refractivity contribution in [2.45, 2.75) is 57.7 Å². The van der Waals surface area contributed by atoms with Crippen LogP contribution in [0.15, 0.2) is 36.5 Å². The summed E-state index contributed by atoms with van der Waals surface area (Å²) >= 11 is 0. The van der Waals surface area contributed by atoms with Crippen molar-refractivity contribution in [2.24, 2.45) is 7.05 Å². The lowest BCUT2D eigenvalue weighted by atomic mass is 10.1. The number of likely N-dealkylation sites (tertiary alicyclic amines) is 1. The van der Waals surface area contributed by atoms with Crippen molar-refractivity contribution in [3.05, 3.63) is 47.8 Å². The summed E-state index contributed by atoms with van der Waals surface area (Å²) in [6, 6.07) is 9.14. The van der Waals surface area contributed by atoms with Crippen molar-refractivity contribution in [3.8, 4) is 5.75 Å². The zero-order valence-electron chi connectivity index (χ0n) is 20.3. The molecule has 0 radical (unpaired) electrons. The smallest absolute Gasteiger partial charge is 0.272 e. The van der Waals surface area contributed by atoms with Crippen molar-refractivity contribution >= 4 is 11.8 Å². The molecular weight excluding hydrogens is 432 g/mol. The molecule has 0 N–H and O–H groups in total. The zero-order valence-corrected chi connectivity index (χ0v) is 20.3. The number of ether oxygens (including phenoxy) is 2. The Kier molecular flexibility index (Phi) is 8.21. The molecule has 1 aromatic heterocycles. The highest BCUT2D eigenvalue weighted by Crippen LogP contribution is 2.27. The van der Waals surface area contributed by atoms with E-state index in [1.54, 1.807) is 28.9 Å². The van der Waals surface area contributed by atoms with Crippen LogP contribution in [0, 0.1) is 0 Å². The Labute approximate surface area is 201 Å². The lowest BCUT2D eigenvalue weighted by Gasteiger charge is -2.25. The Morgan fingerprint density at radius 3 is 2.53 bits per heavy atom. The molecule has 2 amide bonds. The fourth-order valence-corrected chi connectivity index (χ4v) is 4.76. The molecule has 2 aliphatic heterocycles. The van der Waals surface area contributed by atoms with Gasteiger partial charge in [-0.2, -0.15) is 5.10 Å². The van der Waals surface area contributed by atoms with Crippen LogP contribution < -0.4 is 4.74 Å². The van der Waals surface area contributed by atoms with Crippen LogP contribution >= 0.6 is 0 Å². The number of nitrogens with zero attached hydrogens (tertiary/aromatic N) is 4. The van der Waals surface area contributed by atoms with Crippen LogP contribution in [0.4, 0.5) is 0 Å². The number of aryl methyl sites for hydroxylation is 1. The first-order chi connectivity index (χ1) is 16.6. The first kappa shape index (κ1) is 24.3. The number of rotatable bonds is 2. The second-order valence-electron chi connectivity index (χ2n) is 9.12. The number of hydrogen-bond donors (Lipinski definition) is 0. The summed E-state index contributed by atoms with van der Waals surface area (Å²) in [5, 5.41) is 4.13. The summed E-state index contributed by atoms with van der Waals surface area (Å²) in [4.78, 5) is 30.2. The predicted molar refractivity (Wildman–Crippen MR) is 129 cm³/mol. The van der Waals surface area contributed by atoms with Crippen molar-refractivity contribution in [2.75, 3.05) is 32.8 Å². The average Bonchev–Trinajstić information content (AvgIpc) is 3.45. The molecule has 0 unspecified atom stereocenters. The summed E-state index contributed by atoms with van der Waals surface area (Å²) in [6.45, 7) is 4.92. The second kappa shape index (κ2) is 11.5. The number of amides is 2. The summed E-state index contributed by atoms with van der Waals surface area (Å²) in [6.07, 6.45) is 7.60. The lowest BCUT2D eigenvalue weighted by Crippen LogP contribution is -2.35. The average molecular weight is 469 g/mol. The summed E-state index contributed by atoms with van der Waals surface area (Å²) in [7, 11) is 1.76. The molecule has 1 saturated heterocycles. The van der Waals surface area contributed by atoms with Gasteiger partial charge in [0.1, 0.15) is 23.7 Å². The van der Waals surface area contributed by atoms with Crippen molar-refractivity contribution in [1.82, 2.24) is 19.6 Å². The minimum atomic E-state index is -0.353. The standard InChI is InChI=1S/C26H36N4O4/c1-3-29-16-10-6-4-5-7-11-17-33-23-18-30(26(32)21-14-15-27-28(21)2)19-24(23)34-22-13-9-8-12-20(22)25(29)31/h8-9,12-15,23-24H,3-7,10-11,16-19H2,1-2H3/t23-,24-/m1/s1. The van der Waals surface area contributed by atoms with Gasteiger partial charge in [0.25, 0.3) is 11.8 Å². The number of aromatic nitrogens is 2. The number of hydrogen-bond acceptors (Lipinski definition) is 5. The highest BCUT2D eigenvalue weighted by atomic mass is 16.5. The van der Waals surface area contributed by atoms with Gasteiger partial charge in [0.05, 0.1) is 18.7 Å². The molecule has 2 aromatic rings. The number of para-hydroxylation sites is 1. The van der Waals surface area contributed by atoms with E-state index in [1.165, 1.54) is 12.8 Å². The van der Waals surface area contributed by atoms with Crippen LogP contribution in [-0.2, 0) is 11.8 Å². The van der Waals surface area contributed by atoms with Gasteiger partial charge in [0.2, 0.25) is 0 Å². The first-order valence-corrected chi connectivity index (χ1v) is 12.5. The van der Waals surface area contributed by atoms with Gasteiger partial charge in [-0.15, -0.1) is 0 Å². The molecular formula is C26H36N4O4. The number of benzene rings is 1. The monoisotopic (exact) mass is 468 g/mol. The number of fused-ring (bicyclic) bond motifs is 2. The maximum atomic E-state index is 13.4. The third-order valence-electron chi connectivity index (χ3n) is 6.76. The zero-order chi connectivity index (χ0) is 23.9. The van der Waals surface area contributed by atoms with Gasteiger partial charge in [-0.3, -0.25) is 14.3 Å². The highest BCUT2D eigenvalue weighted by molar-refractivity contribution is 5.97. The topological polar surface area (TPSA) is 76.9 Å². The summed E-state index contributed by atoms with van der Waals surface area (Å²) in [5.74, 6) is 0.446. The Morgan fingerprint density at radius 1 is 1.03 bits per heavy atom. The van der Waals surface area contributed by atoms with E-state index in [-0.39, 0.29) is 24.0 Å². The molecule has 0 aliphatic carbocycles. The SMILES string of the molecule is CCN1CCCCCCCCO[C@@H]2CN(C(=O)c3ccnn3C)C[C@H]2Oc2ccccc2C1=O. The van der Waals surface area contributed by atoms with Crippen LogP contribution in [0.1, 0.15) is 66.3 Å². The fourth-order valence-electron chi connectivity index (χ4n) is 4.76. The van der Waals surface area contributed by atoms with Crippen molar-refractivity contribution < 1.29 is 19.1 Å². The second-order valence-corrected chi connectivity index (χ2v) is 9.12. The highest BCUT2D eigenvalue weighted by Gasteiger charge is 2.39. The minimum absolute atomic E-state index is 0.0107. The molecule has 0 spiro atoms. The Hall–Kier alpha value is -2.87. The van der Waals surface area contributed by atoms with Gasteiger partial charge in [-0.05, 0) is 38.0 Å². The Balaban J connectivity index is 1.57. The molecule has 184 valence electrons. The van der Waals surface area contributed by atoms with Crippen LogP contribution in [-0.4, -0.2) is 76.4 Å². The number of carbonyl (C=O) groups excluding carboxylic acids is 2. The molecule has 2 atom stereocenters. The molecule has 4 rings (SSSR count). The molecule has 2 aliphatic rings. The lowest BCUT2D eigenvalue weighted by molar-refractivity contribution is -0.000245. The van der Waals surface area contributed by atoms with Crippen LogP contribution in [0.2, 0.25) is 0 Å². The van der Waals surface area contributed by atoms with Crippen LogP contribution in [0.3, 0.4) is 0 Å². The fraction of sp³-hybridized carbons (Fsp3) is 0.577. The van der Waals surface area contributed by atoms with E-state index in [9.17, 15) is 9.59 Å². The third kappa shape index (κ3) is 5.60. The first-order valence-electron chi connectivity index (χ1n) is 12.5. The van der Waals surface area contributed by atoms with Crippen molar-refractivity contribution in [3.63, 3.8) is 0 Å². The van der Waals surface area contributed by atoms with Gasteiger partial charge in [0, 0.05) is 32.9 Å². The van der Waals surface area contributed by atoms with Gasteiger partial charge in [0.15, 0.2) is 0 Å². The summed E-state index contributed by atoms with van der Waals surface area (Å²) < 4.78 is 14.2. The van der Waals surface area contributed by atoms with E-state index in [0.29, 0.717) is 43.2 Å². The molecule has 34 heavy (non-hydrogen) atoms. The molecule has 3 heterocycles. The molecule has 1 fully saturated rings.